The molecule has 0 fully saturated rings. The second kappa shape index (κ2) is 3.73. The van der Waals surface area contributed by atoms with Crippen LogP contribution in [0.2, 0.25) is 0 Å². The lowest BCUT2D eigenvalue weighted by Crippen LogP contribution is -2.31. The third kappa shape index (κ3) is 2.51. The largest absolute Gasteiger partial charge is 0.340 e. The Balaban J connectivity index is 2.51. The zero-order valence-electron chi connectivity index (χ0n) is 5.94. The van der Waals surface area contributed by atoms with Gasteiger partial charge in [0, 0.05) is 6.92 Å². The molecule has 0 N–H and O–H groups in total. The van der Waals surface area contributed by atoms with Gasteiger partial charge in [-0.1, -0.05) is 17.8 Å². The van der Waals surface area contributed by atoms with E-state index in [1.165, 1.54) is 23.7 Å². The van der Waals surface area contributed by atoms with Crippen molar-refractivity contribution in [2.24, 2.45) is 0 Å². The third-order valence-electron chi connectivity index (χ3n) is 0.979. The molecule has 1 aliphatic rings. The first-order valence-corrected chi connectivity index (χ1v) is 4.30. The fraction of sp³-hybridized carbons (Fsp3) is 0.333. The van der Waals surface area contributed by atoms with E-state index in [2.05, 4.69) is 0 Å². The summed E-state index contributed by atoms with van der Waals surface area (Å²) in [7, 11) is 0. The van der Waals surface area contributed by atoms with E-state index in [0.29, 0.717) is 10.9 Å². The van der Waals surface area contributed by atoms with Crippen molar-refractivity contribution >= 4 is 34.3 Å². The van der Waals surface area contributed by atoms with Crippen LogP contribution in [0.4, 0.5) is 0 Å². The zero-order chi connectivity index (χ0) is 8.27. The van der Waals surface area contributed by atoms with Crippen LogP contribution in [0.3, 0.4) is 0 Å². The summed E-state index contributed by atoms with van der Waals surface area (Å²) in [4.78, 5) is 15.3. The Morgan fingerprint density at radius 1 is 1.91 bits per heavy atom. The summed E-state index contributed by atoms with van der Waals surface area (Å²) in [5.41, 5.74) is 0. The predicted octanol–water partition coefficient (Wildman–Crippen LogP) is 1.31. The van der Waals surface area contributed by atoms with Gasteiger partial charge in [0.1, 0.15) is 0 Å². The van der Waals surface area contributed by atoms with Crippen molar-refractivity contribution in [3.63, 3.8) is 0 Å². The van der Waals surface area contributed by atoms with Gasteiger partial charge in [-0.2, -0.15) is 5.06 Å². The van der Waals surface area contributed by atoms with Gasteiger partial charge in [0.25, 0.3) is 0 Å². The summed E-state index contributed by atoms with van der Waals surface area (Å²) < 4.78 is 0.572. The highest BCUT2D eigenvalue weighted by atomic mass is 32.2. The molecule has 1 rings (SSSR count). The molecule has 0 aromatic rings. The summed E-state index contributed by atoms with van der Waals surface area (Å²) in [5, 5.41) is 3.27. The molecule has 0 amide bonds. The summed E-state index contributed by atoms with van der Waals surface area (Å²) in [6.45, 7) is 1.90. The molecule has 0 atom stereocenters. The van der Waals surface area contributed by atoms with Gasteiger partial charge in [-0.05, 0) is 17.6 Å². The Kier molecular flexibility index (Phi) is 2.90. The van der Waals surface area contributed by atoms with Crippen LogP contribution in [0.25, 0.3) is 0 Å². The molecule has 1 heterocycles. The van der Waals surface area contributed by atoms with Crippen molar-refractivity contribution < 1.29 is 9.63 Å². The van der Waals surface area contributed by atoms with Gasteiger partial charge >= 0.3 is 5.97 Å². The number of thiocarbonyl (C=S) groups is 1. The molecular weight excluding hydrogens is 182 g/mol. The molecule has 0 aliphatic carbocycles. The van der Waals surface area contributed by atoms with Crippen LogP contribution >= 0.6 is 24.0 Å². The van der Waals surface area contributed by atoms with Gasteiger partial charge in [-0.3, -0.25) is 4.79 Å². The number of carbonyl (C=O) groups excluding carboxylic acids is 1. The molecule has 0 aromatic carbocycles. The number of carbonyl (C=O) groups is 1. The molecule has 5 heteroatoms. The van der Waals surface area contributed by atoms with Crippen molar-refractivity contribution in [3.05, 3.63) is 11.5 Å². The van der Waals surface area contributed by atoms with E-state index in [9.17, 15) is 4.79 Å². The van der Waals surface area contributed by atoms with Gasteiger partial charge in [-0.15, -0.1) is 0 Å². The van der Waals surface area contributed by atoms with Crippen LogP contribution in [0, 0.1) is 0 Å². The Bertz CT molecular complexity index is 215. The number of hydroxylamine groups is 2. The second-order valence-corrected chi connectivity index (χ2v) is 3.44. The minimum absolute atomic E-state index is 0.344. The number of nitrogens with zero attached hydrogens (tertiary/aromatic N) is 1. The molecule has 0 unspecified atom stereocenters. The average molecular weight is 189 g/mol. The van der Waals surface area contributed by atoms with Crippen LogP contribution in [0.5, 0.6) is 0 Å². The Hall–Kier alpha value is -0.550. The molecule has 0 spiro atoms. The molecular formula is C6H7NO2S2. The van der Waals surface area contributed by atoms with Gasteiger partial charge in [0.2, 0.25) is 0 Å². The maximum Gasteiger partial charge on any atom is 0.329 e. The van der Waals surface area contributed by atoms with E-state index < -0.39 is 0 Å². The zero-order valence-corrected chi connectivity index (χ0v) is 7.58. The summed E-state index contributed by atoms with van der Waals surface area (Å²) in [6.07, 6.45) is 1.88. The van der Waals surface area contributed by atoms with E-state index >= 15 is 0 Å². The van der Waals surface area contributed by atoms with Crippen LogP contribution in [0.1, 0.15) is 6.92 Å². The minimum atomic E-state index is -0.344. The third-order valence-corrected chi connectivity index (χ3v) is 2.20. The van der Waals surface area contributed by atoms with Gasteiger partial charge < -0.3 is 4.84 Å². The van der Waals surface area contributed by atoms with E-state index in [1.807, 2.05) is 11.5 Å². The summed E-state index contributed by atoms with van der Waals surface area (Å²) >= 11 is 6.27. The number of hydrogen-bond donors (Lipinski definition) is 0. The van der Waals surface area contributed by atoms with Crippen LogP contribution in [-0.4, -0.2) is 21.9 Å². The molecule has 0 aromatic heterocycles. The monoisotopic (exact) mass is 189 g/mol. The first kappa shape index (κ1) is 8.55. The van der Waals surface area contributed by atoms with E-state index in [-0.39, 0.29) is 5.97 Å². The lowest BCUT2D eigenvalue weighted by molar-refractivity contribution is -0.167. The minimum Gasteiger partial charge on any atom is -0.340 e. The topological polar surface area (TPSA) is 29.5 Å². The highest BCUT2D eigenvalue weighted by Crippen LogP contribution is 2.16. The SMILES string of the molecule is CC(=O)ON1CC=CSC1=S. The molecule has 60 valence electrons. The Labute approximate surface area is 74.3 Å². The van der Waals surface area contributed by atoms with Gasteiger partial charge in [0.15, 0.2) is 4.32 Å². The van der Waals surface area contributed by atoms with Gasteiger partial charge in [-0.25, -0.2) is 0 Å². The Morgan fingerprint density at radius 3 is 3.18 bits per heavy atom. The van der Waals surface area contributed by atoms with Crippen LogP contribution < -0.4 is 0 Å². The number of thioether (sulfide) groups is 1. The highest BCUT2D eigenvalue weighted by Gasteiger charge is 2.13. The first-order valence-electron chi connectivity index (χ1n) is 3.02. The van der Waals surface area contributed by atoms with Crippen molar-refractivity contribution in [1.82, 2.24) is 5.06 Å². The lowest BCUT2D eigenvalue weighted by atomic mass is 10.6. The van der Waals surface area contributed by atoms with E-state index in [0.717, 1.165) is 0 Å². The van der Waals surface area contributed by atoms with Crippen LogP contribution in [-0.2, 0) is 9.63 Å². The molecule has 0 saturated carbocycles. The fourth-order valence-corrected chi connectivity index (χ4v) is 1.41. The predicted molar refractivity (Wildman–Crippen MR) is 47.8 cm³/mol. The summed E-state index contributed by atoms with van der Waals surface area (Å²) in [5.74, 6) is -0.344. The van der Waals surface area contributed by atoms with E-state index in [1.54, 1.807) is 0 Å². The van der Waals surface area contributed by atoms with Crippen molar-refractivity contribution in [1.29, 1.82) is 0 Å². The molecule has 3 nitrogen and oxygen atoms in total. The number of hydrogen-bond acceptors (Lipinski definition) is 4. The summed E-state index contributed by atoms with van der Waals surface area (Å²) in [6, 6.07) is 0. The highest BCUT2D eigenvalue weighted by molar-refractivity contribution is 8.24. The number of rotatable bonds is 1. The van der Waals surface area contributed by atoms with E-state index in [4.69, 9.17) is 17.1 Å². The first-order chi connectivity index (χ1) is 5.20. The standard InChI is InChI=1S/C6H7NO2S2/c1-5(8)9-7-3-2-4-11-6(7)10/h2,4H,3H2,1H3. The average Bonchev–Trinajstić information content (AvgIpc) is 1.93. The van der Waals surface area contributed by atoms with Crippen molar-refractivity contribution in [2.45, 2.75) is 6.92 Å². The van der Waals surface area contributed by atoms with Gasteiger partial charge in [0.05, 0.1) is 6.54 Å². The second-order valence-electron chi connectivity index (χ2n) is 1.90. The smallest absolute Gasteiger partial charge is 0.329 e. The molecule has 1 aliphatic heterocycles. The normalized spacial score (nSPS) is 16.8. The molecule has 0 bridgehead atoms. The maximum atomic E-state index is 10.5. The molecule has 0 radical (unpaired) electrons. The van der Waals surface area contributed by atoms with Crippen molar-refractivity contribution in [3.8, 4) is 0 Å². The van der Waals surface area contributed by atoms with Crippen LogP contribution in [0.15, 0.2) is 11.5 Å². The fourth-order valence-electron chi connectivity index (χ4n) is 0.608. The quantitative estimate of drug-likeness (QED) is 0.580. The Morgan fingerprint density at radius 2 is 2.64 bits per heavy atom. The molecule has 11 heavy (non-hydrogen) atoms. The van der Waals surface area contributed by atoms with Crippen molar-refractivity contribution in [2.75, 3.05) is 6.54 Å². The maximum absolute atomic E-state index is 10.5. The lowest BCUT2D eigenvalue weighted by Gasteiger charge is -2.22. The molecule has 0 saturated heterocycles.